The molecule has 1 aromatic carbocycles. The zero-order chi connectivity index (χ0) is 15.8. The minimum absolute atomic E-state index is 0.0894. The highest BCUT2D eigenvalue weighted by atomic mass is 79.9. The van der Waals surface area contributed by atoms with Gasteiger partial charge in [-0.05, 0) is 35.0 Å². The Bertz CT molecular complexity index is 818. The number of oxazole rings is 1. The summed E-state index contributed by atoms with van der Waals surface area (Å²) in [6.45, 7) is 1.63. The fourth-order valence-electron chi connectivity index (χ4n) is 1.45. The number of halogens is 2. The van der Waals surface area contributed by atoms with Crippen molar-refractivity contribution in [3.05, 3.63) is 39.1 Å². The number of rotatable bonds is 4. The normalized spacial score (nSPS) is 11.4. The van der Waals surface area contributed by atoms with Gasteiger partial charge in [-0.2, -0.15) is 4.98 Å². The van der Waals surface area contributed by atoms with Crippen LogP contribution in [0, 0.1) is 6.92 Å². The van der Waals surface area contributed by atoms with Crippen LogP contribution in [0.2, 0.25) is 5.02 Å². The monoisotopic (exact) mass is 394 g/mol. The molecule has 1 heterocycles. The second kappa shape index (κ2) is 5.66. The van der Waals surface area contributed by atoms with E-state index in [0.717, 1.165) is 6.07 Å². The Morgan fingerprint density at radius 2 is 2.14 bits per heavy atom. The summed E-state index contributed by atoms with van der Waals surface area (Å²) in [6, 6.07) is 1.93. The van der Waals surface area contributed by atoms with Crippen LogP contribution < -0.4 is 4.72 Å². The van der Waals surface area contributed by atoms with E-state index in [0.29, 0.717) is 5.69 Å². The molecule has 2 aromatic rings. The Balaban J connectivity index is 2.47. The lowest BCUT2D eigenvalue weighted by Gasteiger charge is -2.08. The number of carboxylic acids is 1. The maximum atomic E-state index is 12.2. The van der Waals surface area contributed by atoms with Crippen molar-refractivity contribution in [2.75, 3.05) is 4.72 Å². The van der Waals surface area contributed by atoms with Crippen LogP contribution in [-0.4, -0.2) is 24.5 Å². The maximum Gasteiger partial charge on any atom is 0.337 e. The van der Waals surface area contributed by atoms with Gasteiger partial charge in [0.2, 0.25) is 0 Å². The number of carbonyl (C=O) groups is 1. The zero-order valence-corrected chi connectivity index (χ0v) is 13.6. The summed E-state index contributed by atoms with van der Waals surface area (Å²) in [5, 5.41) is 8.93. The molecule has 1 aromatic heterocycles. The van der Waals surface area contributed by atoms with Gasteiger partial charge in [-0.3, -0.25) is 0 Å². The lowest BCUT2D eigenvalue weighted by molar-refractivity contribution is 0.0696. The van der Waals surface area contributed by atoms with Gasteiger partial charge in [-0.25, -0.2) is 17.9 Å². The molecule has 112 valence electrons. The molecule has 10 heteroatoms. The highest BCUT2D eigenvalue weighted by Crippen LogP contribution is 2.30. The Hall–Kier alpha value is -1.58. The number of nitrogens with zero attached hydrogens (tertiary/aromatic N) is 1. The third-order valence-corrected chi connectivity index (χ3v) is 4.94. The van der Waals surface area contributed by atoms with Crippen LogP contribution in [0.4, 0.5) is 6.01 Å². The Labute approximate surface area is 133 Å². The van der Waals surface area contributed by atoms with Crippen molar-refractivity contribution < 1.29 is 22.7 Å². The van der Waals surface area contributed by atoms with E-state index in [1.807, 2.05) is 0 Å². The number of aryl methyl sites for hydroxylation is 1. The fourth-order valence-corrected chi connectivity index (χ4v) is 3.24. The number of benzene rings is 1. The minimum Gasteiger partial charge on any atom is -0.478 e. The highest BCUT2D eigenvalue weighted by Gasteiger charge is 2.22. The number of aromatic nitrogens is 1. The molecule has 2 rings (SSSR count). The van der Waals surface area contributed by atoms with Gasteiger partial charge in [0.1, 0.15) is 6.26 Å². The molecule has 21 heavy (non-hydrogen) atoms. The van der Waals surface area contributed by atoms with E-state index in [9.17, 15) is 13.2 Å². The summed E-state index contributed by atoms with van der Waals surface area (Å²) in [6.07, 6.45) is 1.28. The molecule has 0 spiro atoms. The molecule has 0 amide bonds. The average Bonchev–Trinajstić information content (AvgIpc) is 2.76. The second-order valence-electron chi connectivity index (χ2n) is 3.97. The van der Waals surface area contributed by atoms with Crippen LogP contribution in [0.25, 0.3) is 0 Å². The van der Waals surface area contributed by atoms with Crippen LogP contribution >= 0.6 is 27.5 Å². The SMILES string of the molecule is Cc1coc(NS(=O)(=O)c2cc(Br)c(Cl)c(C(=O)O)c2)n1. The van der Waals surface area contributed by atoms with Gasteiger partial charge < -0.3 is 9.52 Å². The quantitative estimate of drug-likeness (QED) is 0.824. The summed E-state index contributed by atoms with van der Waals surface area (Å²) < 4.78 is 31.5. The molecular formula is C11H8BrClN2O5S. The summed E-state index contributed by atoms with van der Waals surface area (Å²) in [5.41, 5.74) is 0.159. The summed E-state index contributed by atoms with van der Waals surface area (Å²) in [5.74, 6) is -1.34. The zero-order valence-electron chi connectivity index (χ0n) is 10.4. The highest BCUT2D eigenvalue weighted by molar-refractivity contribution is 9.10. The number of aromatic carboxylic acids is 1. The third-order valence-electron chi connectivity index (χ3n) is 2.38. The summed E-state index contributed by atoms with van der Waals surface area (Å²) >= 11 is 8.82. The predicted octanol–water partition coefficient (Wildman–Crippen LogP) is 2.90. The molecule has 0 saturated carbocycles. The van der Waals surface area contributed by atoms with Gasteiger partial charge in [-0.15, -0.1) is 0 Å². The van der Waals surface area contributed by atoms with Crippen LogP contribution in [0.1, 0.15) is 16.1 Å². The molecule has 0 radical (unpaired) electrons. The molecule has 0 unspecified atom stereocenters. The Kier molecular flexibility index (Phi) is 4.26. The molecular weight excluding hydrogens is 388 g/mol. The third kappa shape index (κ3) is 3.36. The fraction of sp³-hybridized carbons (Fsp3) is 0.0909. The van der Waals surface area contributed by atoms with Crippen molar-refractivity contribution in [1.82, 2.24) is 4.98 Å². The van der Waals surface area contributed by atoms with Crippen molar-refractivity contribution >= 4 is 49.5 Å². The number of hydrogen-bond acceptors (Lipinski definition) is 5. The van der Waals surface area contributed by atoms with E-state index in [1.165, 1.54) is 12.3 Å². The van der Waals surface area contributed by atoms with Crippen LogP contribution in [0.15, 0.2) is 32.2 Å². The summed E-state index contributed by atoms with van der Waals surface area (Å²) in [7, 11) is -4.05. The van der Waals surface area contributed by atoms with Crippen molar-refractivity contribution in [2.24, 2.45) is 0 Å². The minimum atomic E-state index is -4.05. The molecule has 0 aliphatic heterocycles. The van der Waals surface area contributed by atoms with Crippen LogP contribution in [0.5, 0.6) is 0 Å². The van der Waals surface area contributed by atoms with Crippen molar-refractivity contribution in [3.63, 3.8) is 0 Å². The van der Waals surface area contributed by atoms with E-state index in [2.05, 4.69) is 25.6 Å². The molecule has 7 nitrogen and oxygen atoms in total. The first kappa shape index (κ1) is 15.8. The predicted molar refractivity (Wildman–Crippen MR) is 78.2 cm³/mol. The topological polar surface area (TPSA) is 110 Å². The van der Waals surface area contributed by atoms with Crippen molar-refractivity contribution in [2.45, 2.75) is 11.8 Å². The molecule has 2 N–H and O–H groups in total. The first-order valence-electron chi connectivity index (χ1n) is 5.38. The van der Waals surface area contributed by atoms with Gasteiger partial charge in [0.25, 0.3) is 10.0 Å². The number of sulfonamides is 1. The average molecular weight is 396 g/mol. The molecule has 0 atom stereocenters. The molecule has 0 fully saturated rings. The van der Waals surface area contributed by atoms with Crippen LogP contribution in [-0.2, 0) is 10.0 Å². The van der Waals surface area contributed by atoms with Gasteiger partial charge in [0, 0.05) is 4.47 Å². The second-order valence-corrected chi connectivity index (χ2v) is 6.89. The van der Waals surface area contributed by atoms with E-state index < -0.39 is 16.0 Å². The van der Waals surface area contributed by atoms with Gasteiger partial charge in [0.15, 0.2) is 0 Å². The van der Waals surface area contributed by atoms with E-state index in [1.54, 1.807) is 6.92 Å². The Morgan fingerprint density at radius 1 is 1.48 bits per heavy atom. The first-order valence-corrected chi connectivity index (χ1v) is 8.03. The van der Waals surface area contributed by atoms with Crippen LogP contribution in [0.3, 0.4) is 0 Å². The standard InChI is InChI=1S/C11H8BrClN2O5S/c1-5-4-20-11(14-5)15-21(18,19)6-2-7(10(16)17)9(13)8(12)3-6/h2-4H,1H3,(H,14,15)(H,16,17). The Morgan fingerprint density at radius 3 is 2.67 bits per heavy atom. The number of nitrogens with one attached hydrogen (secondary N) is 1. The number of hydrogen-bond donors (Lipinski definition) is 2. The lowest BCUT2D eigenvalue weighted by atomic mass is 10.2. The molecule has 0 aliphatic carbocycles. The van der Waals surface area contributed by atoms with E-state index >= 15 is 0 Å². The van der Waals surface area contributed by atoms with Gasteiger partial charge in [-0.1, -0.05) is 11.6 Å². The van der Waals surface area contributed by atoms with Crippen molar-refractivity contribution in [3.8, 4) is 0 Å². The maximum absolute atomic E-state index is 12.2. The number of anilines is 1. The molecule has 0 saturated heterocycles. The lowest BCUT2D eigenvalue weighted by Crippen LogP contribution is -2.14. The molecule has 0 aliphatic rings. The van der Waals surface area contributed by atoms with E-state index in [-0.39, 0.29) is 26.0 Å². The van der Waals surface area contributed by atoms with Gasteiger partial charge >= 0.3 is 12.0 Å². The van der Waals surface area contributed by atoms with Crippen molar-refractivity contribution in [1.29, 1.82) is 0 Å². The smallest absolute Gasteiger partial charge is 0.337 e. The number of carboxylic acid groups (broad SMARTS) is 1. The molecule has 0 bridgehead atoms. The largest absolute Gasteiger partial charge is 0.478 e. The first-order chi connectivity index (χ1) is 9.70. The van der Waals surface area contributed by atoms with E-state index in [4.69, 9.17) is 21.1 Å². The summed E-state index contributed by atoms with van der Waals surface area (Å²) in [4.78, 5) is 14.6. The van der Waals surface area contributed by atoms with Gasteiger partial charge in [0.05, 0.1) is 21.2 Å².